The van der Waals surface area contributed by atoms with Gasteiger partial charge in [0.15, 0.2) is 0 Å². The summed E-state index contributed by atoms with van der Waals surface area (Å²) in [7, 11) is 3.69. The highest BCUT2D eigenvalue weighted by atomic mass is 19.1. The van der Waals surface area contributed by atoms with Crippen molar-refractivity contribution in [3.8, 4) is 11.3 Å². The molecule has 5 nitrogen and oxygen atoms in total. The van der Waals surface area contributed by atoms with E-state index in [1.54, 1.807) is 23.2 Å². The predicted octanol–water partition coefficient (Wildman–Crippen LogP) is 2.48. The Hall–Kier alpha value is -2.76. The summed E-state index contributed by atoms with van der Waals surface area (Å²) in [6.07, 6.45) is 1.66. The summed E-state index contributed by atoms with van der Waals surface area (Å²) in [6.45, 7) is 0. The molecule has 0 atom stereocenters. The number of aromatic nitrogens is 3. The molecule has 0 bridgehead atoms. The molecule has 0 aliphatic carbocycles. The first-order valence-electron chi connectivity index (χ1n) is 6.40. The van der Waals surface area contributed by atoms with Gasteiger partial charge in [0.2, 0.25) is 5.95 Å². The molecule has 3 aromatic rings. The summed E-state index contributed by atoms with van der Waals surface area (Å²) < 4.78 is 13.2. The minimum atomic E-state index is -0.302. The molecule has 0 fully saturated rings. The third-order valence-corrected chi connectivity index (χ3v) is 3.08. The molecule has 2 N–H and O–H groups in total. The zero-order chi connectivity index (χ0) is 15.0. The molecule has 21 heavy (non-hydrogen) atoms. The van der Waals surface area contributed by atoms with Gasteiger partial charge in [-0.2, -0.15) is 4.98 Å². The van der Waals surface area contributed by atoms with Crippen molar-refractivity contribution in [2.24, 2.45) is 0 Å². The van der Waals surface area contributed by atoms with E-state index in [2.05, 4.69) is 15.0 Å². The van der Waals surface area contributed by atoms with Gasteiger partial charge in [0.1, 0.15) is 11.6 Å². The van der Waals surface area contributed by atoms with Gasteiger partial charge in [0.25, 0.3) is 0 Å². The van der Waals surface area contributed by atoms with Crippen LogP contribution in [0.2, 0.25) is 0 Å². The zero-order valence-electron chi connectivity index (χ0n) is 11.7. The molecule has 6 heteroatoms. The van der Waals surface area contributed by atoms with Gasteiger partial charge in [0, 0.05) is 43.4 Å². The lowest BCUT2D eigenvalue weighted by molar-refractivity contribution is 0.629. The SMILES string of the molecule is CN(C)c1nc(N)cc(-c2cnc3cc(F)ccc3c2)n1. The Bertz CT molecular complexity index is 816. The number of nitrogen functional groups attached to an aromatic ring is 1. The molecular formula is C15H14FN5. The first kappa shape index (κ1) is 13.2. The van der Waals surface area contributed by atoms with E-state index < -0.39 is 0 Å². The van der Waals surface area contributed by atoms with Crippen molar-refractivity contribution in [2.45, 2.75) is 0 Å². The van der Waals surface area contributed by atoms with E-state index in [9.17, 15) is 4.39 Å². The van der Waals surface area contributed by atoms with Crippen molar-refractivity contribution < 1.29 is 4.39 Å². The highest BCUT2D eigenvalue weighted by molar-refractivity contribution is 5.83. The van der Waals surface area contributed by atoms with E-state index in [1.165, 1.54) is 12.1 Å². The Balaban J connectivity index is 2.14. The molecule has 2 heterocycles. The molecule has 0 saturated heterocycles. The molecule has 106 valence electrons. The van der Waals surface area contributed by atoms with E-state index in [0.29, 0.717) is 23.0 Å². The normalized spacial score (nSPS) is 10.8. The number of anilines is 2. The Labute approximate surface area is 121 Å². The van der Waals surface area contributed by atoms with E-state index in [1.807, 2.05) is 20.2 Å². The first-order valence-corrected chi connectivity index (χ1v) is 6.40. The second-order valence-corrected chi connectivity index (χ2v) is 4.93. The van der Waals surface area contributed by atoms with Crippen LogP contribution in [-0.2, 0) is 0 Å². The second kappa shape index (κ2) is 4.97. The van der Waals surface area contributed by atoms with E-state index >= 15 is 0 Å². The molecule has 1 aromatic carbocycles. The number of hydrogen-bond acceptors (Lipinski definition) is 5. The zero-order valence-corrected chi connectivity index (χ0v) is 11.7. The van der Waals surface area contributed by atoms with Crippen LogP contribution in [-0.4, -0.2) is 29.0 Å². The largest absolute Gasteiger partial charge is 0.384 e. The third-order valence-electron chi connectivity index (χ3n) is 3.08. The average Bonchev–Trinajstić information content (AvgIpc) is 2.46. The number of nitrogens with zero attached hydrogens (tertiary/aromatic N) is 4. The summed E-state index contributed by atoms with van der Waals surface area (Å²) in [4.78, 5) is 14.7. The van der Waals surface area contributed by atoms with Crippen LogP contribution in [0, 0.1) is 5.82 Å². The van der Waals surface area contributed by atoms with Crippen molar-refractivity contribution in [3.05, 3.63) is 42.3 Å². The van der Waals surface area contributed by atoms with Crippen molar-refractivity contribution in [1.82, 2.24) is 15.0 Å². The Kier molecular flexibility index (Phi) is 3.13. The second-order valence-electron chi connectivity index (χ2n) is 4.93. The molecule has 0 amide bonds. The highest BCUT2D eigenvalue weighted by Crippen LogP contribution is 2.24. The lowest BCUT2D eigenvalue weighted by Gasteiger charge is -2.12. The van der Waals surface area contributed by atoms with Gasteiger partial charge in [-0.3, -0.25) is 4.98 Å². The van der Waals surface area contributed by atoms with Crippen molar-refractivity contribution in [2.75, 3.05) is 24.7 Å². The maximum Gasteiger partial charge on any atom is 0.227 e. The minimum absolute atomic E-state index is 0.302. The Morgan fingerprint density at radius 1 is 1.10 bits per heavy atom. The van der Waals surface area contributed by atoms with E-state index in [-0.39, 0.29) is 5.82 Å². The molecular weight excluding hydrogens is 269 g/mol. The summed E-state index contributed by atoms with van der Waals surface area (Å²) in [6, 6.07) is 8.10. The molecule has 0 saturated carbocycles. The average molecular weight is 283 g/mol. The molecule has 3 rings (SSSR count). The lowest BCUT2D eigenvalue weighted by atomic mass is 10.1. The highest BCUT2D eigenvalue weighted by Gasteiger charge is 2.08. The molecule has 0 aliphatic rings. The maximum absolute atomic E-state index is 13.2. The van der Waals surface area contributed by atoms with Crippen molar-refractivity contribution >= 4 is 22.7 Å². The first-order chi connectivity index (χ1) is 10.0. The molecule has 0 radical (unpaired) electrons. The molecule has 2 aromatic heterocycles. The van der Waals surface area contributed by atoms with Gasteiger partial charge in [-0.15, -0.1) is 0 Å². The standard InChI is InChI=1S/C15H14FN5/c1-21(2)15-19-13(7-14(17)20-15)10-5-9-3-4-11(16)6-12(9)18-8-10/h3-8H,1-2H3,(H2,17,19,20). The summed E-state index contributed by atoms with van der Waals surface area (Å²) in [5.41, 5.74) is 7.92. The van der Waals surface area contributed by atoms with Crippen LogP contribution < -0.4 is 10.6 Å². The van der Waals surface area contributed by atoms with Crippen molar-refractivity contribution in [3.63, 3.8) is 0 Å². The number of fused-ring (bicyclic) bond motifs is 1. The van der Waals surface area contributed by atoms with Gasteiger partial charge in [-0.25, -0.2) is 9.37 Å². The summed E-state index contributed by atoms with van der Waals surface area (Å²) >= 11 is 0. The molecule has 0 spiro atoms. The van der Waals surface area contributed by atoms with Gasteiger partial charge in [0.05, 0.1) is 11.2 Å². The maximum atomic E-state index is 13.2. The fraction of sp³-hybridized carbons (Fsp3) is 0.133. The number of hydrogen-bond donors (Lipinski definition) is 1. The predicted molar refractivity (Wildman–Crippen MR) is 81.5 cm³/mol. The summed E-state index contributed by atoms with van der Waals surface area (Å²) in [5, 5.41) is 0.845. The topological polar surface area (TPSA) is 67.9 Å². The monoisotopic (exact) mass is 283 g/mol. The Morgan fingerprint density at radius 3 is 2.67 bits per heavy atom. The van der Waals surface area contributed by atoms with Crippen LogP contribution in [0.5, 0.6) is 0 Å². The Morgan fingerprint density at radius 2 is 1.90 bits per heavy atom. The molecule has 0 unspecified atom stereocenters. The van der Waals surface area contributed by atoms with Crippen LogP contribution in [0.1, 0.15) is 0 Å². The number of halogens is 1. The van der Waals surface area contributed by atoms with E-state index in [0.717, 1.165) is 10.9 Å². The number of nitrogens with two attached hydrogens (primary N) is 1. The smallest absolute Gasteiger partial charge is 0.227 e. The van der Waals surface area contributed by atoms with E-state index in [4.69, 9.17) is 5.73 Å². The summed E-state index contributed by atoms with van der Waals surface area (Å²) in [5.74, 6) is 0.621. The van der Waals surface area contributed by atoms with Crippen molar-refractivity contribution in [1.29, 1.82) is 0 Å². The van der Waals surface area contributed by atoms with Gasteiger partial charge < -0.3 is 10.6 Å². The van der Waals surface area contributed by atoms with Crippen LogP contribution in [0.25, 0.3) is 22.2 Å². The van der Waals surface area contributed by atoms with Crippen LogP contribution in [0.3, 0.4) is 0 Å². The molecule has 0 aliphatic heterocycles. The minimum Gasteiger partial charge on any atom is -0.384 e. The quantitative estimate of drug-likeness (QED) is 0.782. The number of benzene rings is 1. The number of pyridine rings is 1. The van der Waals surface area contributed by atoms with Crippen LogP contribution in [0.4, 0.5) is 16.2 Å². The lowest BCUT2D eigenvalue weighted by Crippen LogP contribution is -2.14. The fourth-order valence-electron chi connectivity index (χ4n) is 2.04. The van der Waals surface area contributed by atoms with Gasteiger partial charge in [-0.1, -0.05) is 0 Å². The van der Waals surface area contributed by atoms with Crippen LogP contribution in [0.15, 0.2) is 36.5 Å². The third kappa shape index (κ3) is 2.60. The fourth-order valence-corrected chi connectivity index (χ4v) is 2.04. The van der Waals surface area contributed by atoms with Crippen LogP contribution >= 0.6 is 0 Å². The number of rotatable bonds is 2. The van der Waals surface area contributed by atoms with Gasteiger partial charge in [-0.05, 0) is 18.2 Å². The van der Waals surface area contributed by atoms with Gasteiger partial charge >= 0.3 is 0 Å².